The molecule has 0 aliphatic carbocycles. The molecule has 0 aliphatic heterocycles. The molecular formula is C8H11ClN2O5. The van der Waals surface area contributed by atoms with Crippen LogP contribution in [0.4, 0.5) is 4.79 Å². The molecule has 0 unspecified atom stereocenters. The summed E-state index contributed by atoms with van der Waals surface area (Å²) in [5, 5.41) is 19.3. The van der Waals surface area contributed by atoms with Crippen molar-refractivity contribution in [2.75, 3.05) is 19.6 Å². The molecule has 0 bridgehead atoms. The number of rotatable bonds is 6. The Kier molecular flexibility index (Phi) is 5.94. The van der Waals surface area contributed by atoms with Crippen LogP contribution in [-0.2, 0) is 9.59 Å². The SMILES string of the molecule is C=C(Cl)CNC(=O)N(CC(=O)O)CC(=O)O. The molecule has 7 nitrogen and oxygen atoms in total. The molecule has 0 aromatic heterocycles. The summed E-state index contributed by atoms with van der Waals surface area (Å²) in [6, 6.07) is -0.827. The molecule has 0 saturated carbocycles. The number of nitrogens with zero attached hydrogens (tertiary/aromatic N) is 1. The summed E-state index contributed by atoms with van der Waals surface area (Å²) in [5.41, 5.74) is 0. The van der Waals surface area contributed by atoms with Gasteiger partial charge in [0, 0.05) is 5.03 Å². The maximum absolute atomic E-state index is 11.3. The van der Waals surface area contributed by atoms with Crippen molar-refractivity contribution in [2.24, 2.45) is 0 Å². The van der Waals surface area contributed by atoms with Crippen molar-refractivity contribution in [2.45, 2.75) is 0 Å². The number of halogens is 1. The summed E-state index contributed by atoms with van der Waals surface area (Å²) in [5.74, 6) is -2.61. The minimum absolute atomic E-state index is 0.0594. The van der Waals surface area contributed by atoms with Gasteiger partial charge in [0.25, 0.3) is 0 Å². The van der Waals surface area contributed by atoms with Crippen molar-refractivity contribution >= 4 is 29.6 Å². The number of carbonyl (C=O) groups is 3. The highest BCUT2D eigenvalue weighted by molar-refractivity contribution is 6.29. The van der Waals surface area contributed by atoms with Crippen molar-refractivity contribution in [3.63, 3.8) is 0 Å². The van der Waals surface area contributed by atoms with Crippen molar-refractivity contribution in [3.05, 3.63) is 11.6 Å². The molecule has 90 valence electrons. The van der Waals surface area contributed by atoms with Gasteiger partial charge < -0.3 is 20.4 Å². The summed E-state index contributed by atoms with van der Waals surface area (Å²) in [7, 11) is 0. The zero-order valence-electron chi connectivity index (χ0n) is 8.27. The van der Waals surface area contributed by atoms with Crippen molar-refractivity contribution < 1.29 is 24.6 Å². The van der Waals surface area contributed by atoms with Gasteiger partial charge in [-0.25, -0.2) is 4.79 Å². The normalized spacial score (nSPS) is 9.31. The third kappa shape index (κ3) is 6.66. The molecule has 8 heteroatoms. The van der Waals surface area contributed by atoms with E-state index in [1.807, 2.05) is 0 Å². The molecule has 0 rings (SSSR count). The Morgan fingerprint density at radius 2 is 1.62 bits per heavy atom. The number of amides is 2. The van der Waals surface area contributed by atoms with Crippen LogP contribution in [0.25, 0.3) is 0 Å². The number of hydrogen-bond acceptors (Lipinski definition) is 3. The lowest BCUT2D eigenvalue weighted by Crippen LogP contribution is -2.45. The molecule has 0 heterocycles. The lowest BCUT2D eigenvalue weighted by atomic mass is 10.5. The molecule has 16 heavy (non-hydrogen) atoms. The van der Waals surface area contributed by atoms with Crippen LogP contribution in [0.3, 0.4) is 0 Å². The zero-order chi connectivity index (χ0) is 12.7. The third-order valence-corrected chi connectivity index (χ3v) is 1.50. The first kappa shape index (κ1) is 14.2. The van der Waals surface area contributed by atoms with Gasteiger partial charge in [-0.15, -0.1) is 0 Å². The van der Waals surface area contributed by atoms with E-state index in [0.717, 1.165) is 0 Å². The Bertz CT molecular complexity index is 302. The van der Waals surface area contributed by atoms with Crippen molar-refractivity contribution in [1.82, 2.24) is 10.2 Å². The fraction of sp³-hybridized carbons (Fsp3) is 0.375. The van der Waals surface area contributed by atoms with E-state index < -0.39 is 31.1 Å². The summed E-state index contributed by atoms with van der Waals surface area (Å²) in [6.07, 6.45) is 0. The highest BCUT2D eigenvalue weighted by Crippen LogP contribution is 1.95. The Morgan fingerprint density at radius 1 is 1.19 bits per heavy atom. The molecule has 0 aliphatic rings. The standard InChI is InChI=1S/C8H11ClN2O5/c1-5(9)2-10-8(16)11(3-6(12)13)4-7(14)15/h1-4H2,(H,10,16)(H,12,13)(H,14,15). The highest BCUT2D eigenvalue weighted by Gasteiger charge is 2.19. The number of carbonyl (C=O) groups excluding carboxylic acids is 1. The van der Waals surface area contributed by atoms with Crippen molar-refractivity contribution in [1.29, 1.82) is 0 Å². The van der Waals surface area contributed by atoms with Gasteiger partial charge in [-0.2, -0.15) is 0 Å². The fourth-order valence-electron chi connectivity index (χ4n) is 0.809. The largest absolute Gasteiger partial charge is 0.480 e. The monoisotopic (exact) mass is 250 g/mol. The summed E-state index contributed by atoms with van der Waals surface area (Å²) >= 11 is 5.38. The van der Waals surface area contributed by atoms with Crippen LogP contribution in [0, 0.1) is 0 Å². The fourth-order valence-corrected chi connectivity index (χ4v) is 0.876. The van der Waals surface area contributed by atoms with Crippen LogP contribution >= 0.6 is 11.6 Å². The van der Waals surface area contributed by atoms with E-state index in [9.17, 15) is 14.4 Å². The van der Waals surface area contributed by atoms with E-state index in [1.54, 1.807) is 0 Å². The van der Waals surface area contributed by atoms with Crippen LogP contribution in [0.2, 0.25) is 0 Å². The van der Waals surface area contributed by atoms with Crippen LogP contribution < -0.4 is 5.32 Å². The first-order valence-corrected chi connectivity index (χ1v) is 4.50. The van der Waals surface area contributed by atoms with E-state index in [4.69, 9.17) is 21.8 Å². The molecule has 0 fully saturated rings. The highest BCUT2D eigenvalue weighted by atomic mass is 35.5. The molecule has 0 spiro atoms. The average Bonchev–Trinajstić information content (AvgIpc) is 2.11. The number of nitrogens with one attached hydrogen (secondary N) is 1. The number of carboxylic acids is 2. The predicted molar refractivity (Wildman–Crippen MR) is 55.2 cm³/mol. The van der Waals surface area contributed by atoms with E-state index in [-0.39, 0.29) is 11.6 Å². The number of urea groups is 1. The van der Waals surface area contributed by atoms with Gasteiger partial charge in [0.05, 0.1) is 6.54 Å². The van der Waals surface area contributed by atoms with Crippen LogP contribution in [-0.4, -0.2) is 52.7 Å². The van der Waals surface area contributed by atoms with Gasteiger partial charge in [0.1, 0.15) is 13.1 Å². The maximum atomic E-state index is 11.3. The quantitative estimate of drug-likeness (QED) is 0.611. The Morgan fingerprint density at radius 3 is 1.94 bits per heavy atom. The summed E-state index contributed by atoms with van der Waals surface area (Å²) in [6.45, 7) is 1.85. The molecule has 3 N–H and O–H groups in total. The van der Waals surface area contributed by atoms with Gasteiger partial charge in [0.15, 0.2) is 0 Å². The number of aliphatic carboxylic acids is 2. The predicted octanol–water partition coefficient (Wildman–Crippen LogP) is -0.0803. The maximum Gasteiger partial charge on any atom is 0.323 e. The van der Waals surface area contributed by atoms with Gasteiger partial charge in [-0.05, 0) is 0 Å². The van der Waals surface area contributed by atoms with Crippen LogP contribution in [0.1, 0.15) is 0 Å². The van der Waals surface area contributed by atoms with Crippen LogP contribution in [0.5, 0.6) is 0 Å². The molecule has 2 amide bonds. The van der Waals surface area contributed by atoms with Gasteiger partial charge in [0.2, 0.25) is 0 Å². The number of carboxylic acid groups (broad SMARTS) is 2. The second-order valence-electron chi connectivity index (χ2n) is 2.82. The first-order chi connectivity index (χ1) is 7.32. The van der Waals surface area contributed by atoms with E-state index in [1.165, 1.54) is 0 Å². The Balaban J connectivity index is 4.36. The molecule has 0 aromatic rings. The summed E-state index contributed by atoms with van der Waals surface area (Å²) in [4.78, 5) is 32.7. The van der Waals surface area contributed by atoms with E-state index >= 15 is 0 Å². The molecule has 0 atom stereocenters. The van der Waals surface area contributed by atoms with Gasteiger partial charge in [-0.1, -0.05) is 18.2 Å². The van der Waals surface area contributed by atoms with Gasteiger partial charge in [-0.3, -0.25) is 9.59 Å². The molecule has 0 saturated heterocycles. The van der Waals surface area contributed by atoms with E-state index in [0.29, 0.717) is 4.90 Å². The first-order valence-electron chi connectivity index (χ1n) is 4.12. The minimum Gasteiger partial charge on any atom is -0.480 e. The molecular weight excluding hydrogens is 240 g/mol. The van der Waals surface area contributed by atoms with Crippen LogP contribution in [0.15, 0.2) is 11.6 Å². The zero-order valence-corrected chi connectivity index (χ0v) is 9.03. The summed E-state index contributed by atoms with van der Waals surface area (Å²) < 4.78 is 0. The Hall–Kier alpha value is -1.76. The lowest BCUT2D eigenvalue weighted by Gasteiger charge is -2.18. The molecule has 0 aromatic carbocycles. The number of hydrogen-bond donors (Lipinski definition) is 3. The molecule has 0 radical (unpaired) electrons. The Labute approximate surface area is 96.3 Å². The minimum atomic E-state index is -1.30. The van der Waals surface area contributed by atoms with Gasteiger partial charge >= 0.3 is 18.0 Å². The second-order valence-corrected chi connectivity index (χ2v) is 3.35. The lowest BCUT2D eigenvalue weighted by molar-refractivity contribution is -0.140. The average molecular weight is 251 g/mol. The smallest absolute Gasteiger partial charge is 0.323 e. The van der Waals surface area contributed by atoms with Crippen molar-refractivity contribution in [3.8, 4) is 0 Å². The van der Waals surface area contributed by atoms with E-state index in [2.05, 4.69) is 11.9 Å². The second kappa shape index (κ2) is 6.67. The third-order valence-electron chi connectivity index (χ3n) is 1.37. The topological polar surface area (TPSA) is 107 Å².